The van der Waals surface area contributed by atoms with Crippen molar-refractivity contribution in [2.24, 2.45) is 0 Å². The van der Waals surface area contributed by atoms with Gasteiger partial charge in [0.2, 0.25) is 0 Å². The van der Waals surface area contributed by atoms with Crippen LogP contribution in [0.25, 0.3) is 11.3 Å². The standard InChI is InChI=1S/C20H16N2O2/c1-14(23)16-8-5-9-18(12-16)22-20(24)17-10-11-19(21-13-17)15-6-3-2-4-7-15/h2-13H,1H3,(H,22,24). The van der Waals surface area contributed by atoms with Gasteiger partial charge in [0.25, 0.3) is 5.91 Å². The summed E-state index contributed by atoms with van der Waals surface area (Å²) < 4.78 is 0. The molecule has 0 radical (unpaired) electrons. The number of ketones is 1. The molecule has 4 nitrogen and oxygen atoms in total. The third-order valence-corrected chi connectivity index (χ3v) is 3.62. The summed E-state index contributed by atoms with van der Waals surface area (Å²) in [6, 6.07) is 20.2. The molecule has 0 aliphatic rings. The molecule has 0 atom stereocenters. The van der Waals surface area contributed by atoms with E-state index in [9.17, 15) is 9.59 Å². The van der Waals surface area contributed by atoms with Crippen molar-refractivity contribution in [2.75, 3.05) is 5.32 Å². The molecule has 1 heterocycles. The molecule has 0 spiro atoms. The Hall–Kier alpha value is -3.27. The number of anilines is 1. The lowest BCUT2D eigenvalue weighted by atomic mass is 10.1. The summed E-state index contributed by atoms with van der Waals surface area (Å²) >= 11 is 0. The third kappa shape index (κ3) is 3.55. The van der Waals surface area contributed by atoms with Crippen LogP contribution in [0, 0.1) is 0 Å². The van der Waals surface area contributed by atoms with E-state index in [-0.39, 0.29) is 11.7 Å². The topological polar surface area (TPSA) is 59.1 Å². The molecule has 0 saturated heterocycles. The van der Waals surface area contributed by atoms with E-state index in [0.29, 0.717) is 16.8 Å². The molecule has 0 aliphatic heterocycles. The lowest BCUT2D eigenvalue weighted by Crippen LogP contribution is -2.12. The van der Waals surface area contributed by atoms with Gasteiger partial charge in [0.1, 0.15) is 0 Å². The van der Waals surface area contributed by atoms with E-state index < -0.39 is 0 Å². The molecule has 0 saturated carbocycles. The summed E-state index contributed by atoms with van der Waals surface area (Å²) in [7, 11) is 0. The van der Waals surface area contributed by atoms with Crippen molar-refractivity contribution < 1.29 is 9.59 Å². The second kappa shape index (κ2) is 6.87. The highest BCUT2D eigenvalue weighted by molar-refractivity contribution is 6.05. The van der Waals surface area contributed by atoms with Gasteiger partial charge in [-0.15, -0.1) is 0 Å². The highest BCUT2D eigenvalue weighted by Crippen LogP contribution is 2.17. The number of benzene rings is 2. The minimum Gasteiger partial charge on any atom is -0.322 e. The fourth-order valence-corrected chi connectivity index (χ4v) is 2.33. The third-order valence-electron chi connectivity index (χ3n) is 3.62. The highest BCUT2D eigenvalue weighted by Gasteiger charge is 2.08. The zero-order valence-corrected chi connectivity index (χ0v) is 13.2. The van der Waals surface area contributed by atoms with Crippen molar-refractivity contribution in [1.29, 1.82) is 0 Å². The van der Waals surface area contributed by atoms with E-state index in [4.69, 9.17) is 0 Å². The largest absolute Gasteiger partial charge is 0.322 e. The highest BCUT2D eigenvalue weighted by atomic mass is 16.1. The lowest BCUT2D eigenvalue weighted by molar-refractivity contribution is 0.101. The smallest absolute Gasteiger partial charge is 0.257 e. The van der Waals surface area contributed by atoms with Crippen LogP contribution in [0.3, 0.4) is 0 Å². The van der Waals surface area contributed by atoms with Crippen molar-refractivity contribution in [2.45, 2.75) is 6.92 Å². The van der Waals surface area contributed by atoms with Gasteiger partial charge in [-0.25, -0.2) is 0 Å². The Kier molecular flexibility index (Phi) is 4.47. The molecule has 3 aromatic rings. The van der Waals surface area contributed by atoms with Crippen molar-refractivity contribution in [3.8, 4) is 11.3 Å². The van der Waals surface area contributed by atoms with Crippen LogP contribution in [0.2, 0.25) is 0 Å². The molecule has 24 heavy (non-hydrogen) atoms. The van der Waals surface area contributed by atoms with E-state index >= 15 is 0 Å². The Bertz CT molecular complexity index is 872. The molecule has 0 fully saturated rings. The summed E-state index contributed by atoms with van der Waals surface area (Å²) in [5.41, 5.74) is 3.41. The Morgan fingerprint density at radius 1 is 0.875 bits per heavy atom. The van der Waals surface area contributed by atoms with Gasteiger partial charge in [-0.2, -0.15) is 0 Å². The zero-order valence-electron chi connectivity index (χ0n) is 13.2. The minimum absolute atomic E-state index is 0.0417. The monoisotopic (exact) mass is 316 g/mol. The lowest BCUT2D eigenvalue weighted by Gasteiger charge is -2.07. The number of nitrogens with zero attached hydrogens (tertiary/aromatic N) is 1. The number of aromatic nitrogens is 1. The van der Waals surface area contributed by atoms with Crippen LogP contribution in [0.15, 0.2) is 72.9 Å². The molecule has 0 unspecified atom stereocenters. The Labute approximate surface area is 140 Å². The van der Waals surface area contributed by atoms with Gasteiger partial charge in [0.05, 0.1) is 11.3 Å². The normalized spacial score (nSPS) is 10.2. The number of carbonyl (C=O) groups excluding carboxylic acids is 2. The van der Waals surface area contributed by atoms with Crippen LogP contribution in [-0.2, 0) is 0 Å². The Morgan fingerprint density at radius 2 is 1.67 bits per heavy atom. The van der Waals surface area contributed by atoms with Crippen molar-refractivity contribution in [3.05, 3.63) is 84.1 Å². The Morgan fingerprint density at radius 3 is 2.33 bits per heavy atom. The van der Waals surface area contributed by atoms with E-state index in [0.717, 1.165) is 11.3 Å². The maximum Gasteiger partial charge on any atom is 0.257 e. The SMILES string of the molecule is CC(=O)c1cccc(NC(=O)c2ccc(-c3ccccc3)nc2)c1. The number of Topliss-reactive ketones (excluding diaryl/α,β-unsaturated/α-hetero) is 1. The van der Waals surface area contributed by atoms with E-state index in [2.05, 4.69) is 10.3 Å². The van der Waals surface area contributed by atoms with Gasteiger partial charge in [-0.05, 0) is 31.2 Å². The number of nitrogens with one attached hydrogen (secondary N) is 1. The van der Waals surface area contributed by atoms with Crippen molar-refractivity contribution in [3.63, 3.8) is 0 Å². The summed E-state index contributed by atoms with van der Waals surface area (Å²) in [6.45, 7) is 1.49. The van der Waals surface area contributed by atoms with Crippen LogP contribution in [0.4, 0.5) is 5.69 Å². The van der Waals surface area contributed by atoms with Gasteiger partial charge in [-0.1, -0.05) is 42.5 Å². The van der Waals surface area contributed by atoms with Crippen LogP contribution in [0.1, 0.15) is 27.6 Å². The predicted octanol–water partition coefficient (Wildman–Crippen LogP) is 4.20. The molecule has 1 N–H and O–H groups in total. The first-order valence-electron chi connectivity index (χ1n) is 7.57. The summed E-state index contributed by atoms with van der Waals surface area (Å²) in [5, 5.41) is 2.78. The van der Waals surface area contributed by atoms with Gasteiger partial charge < -0.3 is 5.32 Å². The first kappa shape index (κ1) is 15.6. The molecule has 1 amide bonds. The quantitative estimate of drug-likeness (QED) is 0.734. The molecule has 3 rings (SSSR count). The first-order chi connectivity index (χ1) is 11.6. The molecule has 2 aromatic carbocycles. The van der Waals surface area contributed by atoms with Gasteiger partial charge in [0, 0.05) is 23.0 Å². The number of rotatable bonds is 4. The molecule has 0 bridgehead atoms. The number of carbonyl (C=O) groups is 2. The van der Waals surface area contributed by atoms with Gasteiger partial charge in [0.15, 0.2) is 5.78 Å². The molecule has 4 heteroatoms. The minimum atomic E-state index is -0.261. The molecule has 0 aliphatic carbocycles. The van der Waals surface area contributed by atoms with Crippen molar-refractivity contribution >= 4 is 17.4 Å². The first-order valence-corrected chi connectivity index (χ1v) is 7.57. The summed E-state index contributed by atoms with van der Waals surface area (Å²) in [5.74, 6) is -0.303. The predicted molar refractivity (Wildman–Crippen MR) is 94.1 cm³/mol. The molecule has 1 aromatic heterocycles. The van der Waals surface area contributed by atoms with Gasteiger partial charge >= 0.3 is 0 Å². The molecule has 118 valence electrons. The molecular weight excluding hydrogens is 300 g/mol. The average Bonchev–Trinajstić information content (AvgIpc) is 2.63. The Balaban J connectivity index is 1.76. The van der Waals surface area contributed by atoms with E-state index in [1.54, 1.807) is 36.5 Å². The maximum absolute atomic E-state index is 12.3. The summed E-state index contributed by atoms with van der Waals surface area (Å²) in [4.78, 5) is 28.1. The number of amides is 1. The fraction of sp³-hybridized carbons (Fsp3) is 0.0500. The van der Waals surface area contributed by atoms with Crippen LogP contribution < -0.4 is 5.32 Å². The molecular formula is C20H16N2O2. The van der Waals surface area contributed by atoms with E-state index in [1.807, 2.05) is 36.4 Å². The van der Waals surface area contributed by atoms with E-state index in [1.165, 1.54) is 6.92 Å². The average molecular weight is 316 g/mol. The fourth-order valence-electron chi connectivity index (χ4n) is 2.33. The second-order valence-electron chi connectivity index (χ2n) is 5.39. The van der Waals surface area contributed by atoms with Gasteiger partial charge in [-0.3, -0.25) is 14.6 Å². The van der Waals surface area contributed by atoms with Crippen molar-refractivity contribution in [1.82, 2.24) is 4.98 Å². The number of hydrogen-bond donors (Lipinski definition) is 1. The zero-order chi connectivity index (χ0) is 16.9. The van der Waals surface area contributed by atoms with Crippen LogP contribution >= 0.6 is 0 Å². The number of pyridine rings is 1. The maximum atomic E-state index is 12.3. The van der Waals surface area contributed by atoms with Crippen LogP contribution in [0.5, 0.6) is 0 Å². The number of hydrogen-bond acceptors (Lipinski definition) is 3. The van der Waals surface area contributed by atoms with Crippen LogP contribution in [-0.4, -0.2) is 16.7 Å². The second-order valence-corrected chi connectivity index (χ2v) is 5.39. The summed E-state index contributed by atoms with van der Waals surface area (Å²) in [6.07, 6.45) is 1.55.